The van der Waals surface area contributed by atoms with Crippen LogP contribution in [0.15, 0.2) is 97.1 Å². The lowest BCUT2D eigenvalue weighted by Crippen LogP contribution is -2.30. The van der Waals surface area contributed by atoms with Crippen molar-refractivity contribution in [3.63, 3.8) is 0 Å². The summed E-state index contributed by atoms with van der Waals surface area (Å²) in [5.74, 6) is 2.41. The fraction of sp³-hybridized carbons (Fsp3) is 0.242. The first-order valence-corrected chi connectivity index (χ1v) is 12.7. The molecule has 0 heterocycles. The molecule has 1 fully saturated rings. The Balaban J connectivity index is 1.32. The van der Waals surface area contributed by atoms with Gasteiger partial charge in [0.05, 0.1) is 7.11 Å². The van der Waals surface area contributed by atoms with Gasteiger partial charge in [-0.3, -0.25) is 4.79 Å². The highest BCUT2D eigenvalue weighted by Crippen LogP contribution is 2.45. The third-order valence-corrected chi connectivity index (χ3v) is 7.42. The Bertz CT molecular complexity index is 1300. The monoisotopic (exact) mass is 476 g/mol. The minimum atomic E-state index is 0.0159. The molecule has 36 heavy (non-hydrogen) atoms. The number of carbonyl (C=O) groups excluding carboxylic acids is 1. The van der Waals surface area contributed by atoms with Gasteiger partial charge in [0.25, 0.3) is 0 Å². The van der Waals surface area contributed by atoms with Gasteiger partial charge in [-0.05, 0) is 79.4 Å². The second-order valence-corrected chi connectivity index (χ2v) is 9.72. The SMILES string of the molecule is COc1ccc(C2(c3ccc(Oc4ccc(C(=O)c5ccc(C)cc5)cc4)cc3)CCCCC2)cc1. The van der Waals surface area contributed by atoms with E-state index in [-0.39, 0.29) is 11.2 Å². The average molecular weight is 477 g/mol. The number of carbonyl (C=O) groups is 1. The summed E-state index contributed by atoms with van der Waals surface area (Å²) in [5, 5.41) is 0. The molecule has 0 saturated heterocycles. The summed E-state index contributed by atoms with van der Waals surface area (Å²) < 4.78 is 11.5. The van der Waals surface area contributed by atoms with Crippen LogP contribution in [0.3, 0.4) is 0 Å². The Morgan fingerprint density at radius 3 is 1.56 bits per heavy atom. The molecule has 1 saturated carbocycles. The van der Waals surface area contributed by atoms with Crippen molar-refractivity contribution in [2.75, 3.05) is 7.11 Å². The number of ketones is 1. The van der Waals surface area contributed by atoms with Crippen molar-refractivity contribution in [3.8, 4) is 17.2 Å². The van der Waals surface area contributed by atoms with Gasteiger partial charge in [-0.25, -0.2) is 0 Å². The van der Waals surface area contributed by atoms with Crippen LogP contribution in [-0.4, -0.2) is 12.9 Å². The molecule has 0 amide bonds. The largest absolute Gasteiger partial charge is 0.497 e. The minimum Gasteiger partial charge on any atom is -0.497 e. The van der Waals surface area contributed by atoms with Crippen molar-refractivity contribution < 1.29 is 14.3 Å². The number of aryl methyl sites for hydroxylation is 1. The first-order chi connectivity index (χ1) is 17.6. The summed E-state index contributed by atoms with van der Waals surface area (Å²) in [7, 11) is 1.71. The third-order valence-electron chi connectivity index (χ3n) is 7.42. The molecule has 4 aromatic rings. The van der Waals surface area contributed by atoms with E-state index < -0.39 is 0 Å². The molecule has 0 N–H and O–H groups in total. The highest BCUT2D eigenvalue weighted by Gasteiger charge is 2.35. The van der Waals surface area contributed by atoms with E-state index >= 15 is 0 Å². The molecule has 0 aliphatic heterocycles. The first kappa shape index (κ1) is 23.9. The lowest BCUT2D eigenvalue weighted by atomic mass is 9.65. The van der Waals surface area contributed by atoms with Crippen LogP contribution in [-0.2, 0) is 5.41 Å². The molecular weight excluding hydrogens is 444 g/mol. The Labute approximate surface area is 213 Å². The van der Waals surface area contributed by atoms with Gasteiger partial charge in [0.15, 0.2) is 5.78 Å². The molecule has 0 aromatic heterocycles. The number of hydrogen-bond donors (Lipinski definition) is 0. The number of rotatable bonds is 7. The van der Waals surface area contributed by atoms with E-state index in [1.807, 2.05) is 55.5 Å². The van der Waals surface area contributed by atoms with E-state index in [2.05, 4.69) is 48.5 Å². The molecule has 0 bridgehead atoms. The number of methoxy groups -OCH3 is 1. The zero-order chi connectivity index (χ0) is 25.0. The highest BCUT2D eigenvalue weighted by atomic mass is 16.5. The number of benzene rings is 4. The fourth-order valence-electron chi connectivity index (χ4n) is 5.33. The Morgan fingerprint density at radius 1 is 0.611 bits per heavy atom. The van der Waals surface area contributed by atoms with Crippen LogP contribution in [0.2, 0.25) is 0 Å². The van der Waals surface area contributed by atoms with E-state index in [9.17, 15) is 4.79 Å². The summed E-state index contributed by atoms with van der Waals surface area (Å²) in [6.45, 7) is 2.01. The van der Waals surface area contributed by atoms with E-state index in [1.54, 1.807) is 7.11 Å². The van der Waals surface area contributed by atoms with Crippen molar-refractivity contribution in [2.24, 2.45) is 0 Å². The molecule has 5 rings (SSSR count). The maximum atomic E-state index is 12.8. The molecule has 4 aromatic carbocycles. The van der Waals surface area contributed by atoms with Crippen LogP contribution in [0.1, 0.15) is 64.7 Å². The standard InChI is InChI=1S/C33H32O3/c1-24-6-8-25(9-7-24)32(34)26-10-16-30(17-11-26)36-31-20-14-28(15-21-31)33(22-4-3-5-23-33)27-12-18-29(35-2)19-13-27/h6-21H,3-5,22-23H2,1-2H3. The molecule has 0 radical (unpaired) electrons. The van der Waals surface area contributed by atoms with Gasteiger partial charge in [0.1, 0.15) is 17.2 Å². The summed E-state index contributed by atoms with van der Waals surface area (Å²) >= 11 is 0. The predicted molar refractivity (Wildman–Crippen MR) is 144 cm³/mol. The number of ether oxygens (including phenoxy) is 2. The molecular formula is C33H32O3. The van der Waals surface area contributed by atoms with Crippen molar-refractivity contribution in [3.05, 3.63) is 125 Å². The summed E-state index contributed by atoms with van der Waals surface area (Å²) in [6, 6.07) is 32.1. The second-order valence-electron chi connectivity index (χ2n) is 9.72. The Kier molecular flexibility index (Phi) is 6.90. The molecule has 1 aliphatic rings. The summed E-state index contributed by atoms with van der Waals surface area (Å²) in [4.78, 5) is 12.8. The van der Waals surface area contributed by atoms with Gasteiger partial charge in [-0.2, -0.15) is 0 Å². The fourth-order valence-corrected chi connectivity index (χ4v) is 5.33. The second kappa shape index (κ2) is 10.4. The topological polar surface area (TPSA) is 35.5 Å². The summed E-state index contributed by atoms with van der Waals surface area (Å²) in [5.41, 5.74) is 5.20. The molecule has 182 valence electrons. The molecule has 0 atom stereocenters. The first-order valence-electron chi connectivity index (χ1n) is 12.7. The normalized spacial score (nSPS) is 14.7. The lowest BCUT2D eigenvalue weighted by Gasteiger charge is -2.38. The summed E-state index contributed by atoms with van der Waals surface area (Å²) in [6.07, 6.45) is 6.06. The van der Waals surface area contributed by atoms with Crippen molar-refractivity contribution in [1.82, 2.24) is 0 Å². The van der Waals surface area contributed by atoms with Gasteiger partial charge in [0.2, 0.25) is 0 Å². The Hall–Kier alpha value is -3.85. The van der Waals surface area contributed by atoms with Crippen molar-refractivity contribution in [2.45, 2.75) is 44.4 Å². The van der Waals surface area contributed by atoms with Crippen LogP contribution >= 0.6 is 0 Å². The molecule has 0 spiro atoms. The van der Waals surface area contributed by atoms with E-state index in [0.29, 0.717) is 16.9 Å². The van der Waals surface area contributed by atoms with Crippen molar-refractivity contribution in [1.29, 1.82) is 0 Å². The maximum absolute atomic E-state index is 12.8. The quantitative estimate of drug-likeness (QED) is 0.252. The van der Waals surface area contributed by atoms with Crippen LogP contribution in [0.4, 0.5) is 0 Å². The molecule has 1 aliphatic carbocycles. The van der Waals surface area contributed by atoms with E-state index in [4.69, 9.17) is 9.47 Å². The Morgan fingerprint density at radius 2 is 1.06 bits per heavy atom. The van der Waals surface area contributed by atoms with Crippen LogP contribution < -0.4 is 9.47 Å². The molecule has 3 nitrogen and oxygen atoms in total. The minimum absolute atomic E-state index is 0.0159. The third kappa shape index (κ3) is 4.92. The zero-order valence-corrected chi connectivity index (χ0v) is 21.0. The molecule has 0 unspecified atom stereocenters. The average Bonchev–Trinajstić information content (AvgIpc) is 2.94. The number of hydrogen-bond acceptors (Lipinski definition) is 3. The van der Waals surface area contributed by atoms with Gasteiger partial charge in [-0.1, -0.05) is 73.4 Å². The van der Waals surface area contributed by atoms with Crippen molar-refractivity contribution >= 4 is 5.78 Å². The molecule has 3 heteroatoms. The van der Waals surface area contributed by atoms with Crippen LogP contribution in [0.25, 0.3) is 0 Å². The van der Waals surface area contributed by atoms with Gasteiger partial charge >= 0.3 is 0 Å². The maximum Gasteiger partial charge on any atom is 0.193 e. The van der Waals surface area contributed by atoms with E-state index in [1.165, 1.54) is 30.4 Å². The van der Waals surface area contributed by atoms with Crippen LogP contribution in [0, 0.1) is 6.92 Å². The highest BCUT2D eigenvalue weighted by molar-refractivity contribution is 6.09. The predicted octanol–water partition coefficient (Wildman–Crippen LogP) is 8.28. The smallest absolute Gasteiger partial charge is 0.193 e. The van der Waals surface area contributed by atoms with Gasteiger partial charge in [-0.15, -0.1) is 0 Å². The lowest BCUT2D eigenvalue weighted by molar-refractivity contribution is 0.103. The van der Waals surface area contributed by atoms with Gasteiger partial charge < -0.3 is 9.47 Å². The zero-order valence-electron chi connectivity index (χ0n) is 21.0. The van der Waals surface area contributed by atoms with Crippen LogP contribution in [0.5, 0.6) is 17.2 Å². The van der Waals surface area contributed by atoms with E-state index in [0.717, 1.165) is 29.9 Å². The van der Waals surface area contributed by atoms with Gasteiger partial charge in [0, 0.05) is 16.5 Å².